The van der Waals surface area contributed by atoms with Crippen molar-refractivity contribution in [3.8, 4) is 0 Å². The van der Waals surface area contributed by atoms with E-state index in [9.17, 15) is 22.8 Å². The van der Waals surface area contributed by atoms with Crippen LogP contribution in [-0.4, -0.2) is 38.9 Å². The zero-order valence-corrected chi connectivity index (χ0v) is 15.0. The first kappa shape index (κ1) is 22.0. The molecule has 0 unspecified atom stereocenters. The molecule has 0 spiro atoms. The Kier molecular flexibility index (Phi) is 8.08. The fraction of sp³-hybridized carbons (Fsp3) is 0.556. The second kappa shape index (κ2) is 9.56. The summed E-state index contributed by atoms with van der Waals surface area (Å²) in [5.41, 5.74) is -3.53. The number of rotatable bonds is 9. The summed E-state index contributed by atoms with van der Waals surface area (Å²) in [5, 5.41) is 0. The Labute approximate surface area is 150 Å². The van der Waals surface area contributed by atoms with Crippen LogP contribution in [0.5, 0.6) is 0 Å². The predicted molar refractivity (Wildman–Crippen MR) is 87.2 cm³/mol. The largest absolute Gasteiger partial charge is 0.469 e. The van der Waals surface area contributed by atoms with Gasteiger partial charge in [0.05, 0.1) is 13.7 Å². The van der Waals surface area contributed by atoms with Gasteiger partial charge in [0, 0.05) is 19.1 Å². The first-order chi connectivity index (χ1) is 12.2. The number of esters is 2. The minimum Gasteiger partial charge on any atom is -0.469 e. The second-order valence-electron chi connectivity index (χ2n) is 5.89. The summed E-state index contributed by atoms with van der Waals surface area (Å²) in [5.74, 6) is -1.91. The van der Waals surface area contributed by atoms with Gasteiger partial charge in [-0.25, -0.2) is 4.79 Å². The van der Waals surface area contributed by atoms with Gasteiger partial charge in [-0.05, 0) is 18.8 Å². The molecule has 0 saturated heterocycles. The van der Waals surface area contributed by atoms with Crippen molar-refractivity contribution in [2.75, 3.05) is 20.8 Å². The van der Waals surface area contributed by atoms with Gasteiger partial charge in [0.25, 0.3) is 5.60 Å². The fourth-order valence-electron chi connectivity index (χ4n) is 2.45. The van der Waals surface area contributed by atoms with Crippen LogP contribution in [0.15, 0.2) is 30.3 Å². The summed E-state index contributed by atoms with van der Waals surface area (Å²) in [7, 11) is 2.10. The lowest BCUT2D eigenvalue weighted by molar-refractivity contribution is -0.276. The average molecular weight is 376 g/mol. The predicted octanol–water partition coefficient (Wildman–Crippen LogP) is 3.61. The van der Waals surface area contributed by atoms with Crippen molar-refractivity contribution < 1.29 is 37.0 Å². The Morgan fingerprint density at radius 2 is 1.69 bits per heavy atom. The lowest BCUT2D eigenvalue weighted by Crippen LogP contribution is -2.51. The molecule has 26 heavy (non-hydrogen) atoms. The van der Waals surface area contributed by atoms with Gasteiger partial charge in [-0.15, -0.1) is 0 Å². The molecule has 5 nitrogen and oxygen atoms in total. The van der Waals surface area contributed by atoms with Gasteiger partial charge in [-0.3, -0.25) is 4.79 Å². The van der Waals surface area contributed by atoms with E-state index >= 15 is 0 Å². The smallest absolute Gasteiger partial charge is 0.432 e. The molecule has 0 fully saturated rings. The first-order valence-corrected chi connectivity index (χ1v) is 8.10. The van der Waals surface area contributed by atoms with Gasteiger partial charge >= 0.3 is 18.1 Å². The van der Waals surface area contributed by atoms with E-state index in [1.54, 1.807) is 6.92 Å². The molecule has 0 aromatic heterocycles. The Morgan fingerprint density at radius 1 is 1.08 bits per heavy atom. The van der Waals surface area contributed by atoms with Crippen LogP contribution in [0, 0.1) is 5.92 Å². The Bertz CT molecular complexity index is 588. The van der Waals surface area contributed by atoms with E-state index in [2.05, 4.69) is 9.47 Å². The van der Waals surface area contributed by atoms with Crippen molar-refractivity contribution in [2.45, 2.75) is 38.0 Å². The number of alkyl halides is 3. The third-order valence-corrected chi connectivity index (χ3v) is 4.09. The van der Waals surface area contributed by atoms with E-state index in [0.29, 0.717) is 12.8 Å². The maximum absolute atomic E-state index is 13.7. The van der Waals surface area contributed by atoms with Crippen molar-refractivity contribution >= 4 is 11.9 Å². The van der Waals surface area contributed by atoms with Gasteiger partial charge < -0.3 is 14.2 Å². The number of methoxy groups -OCH3 is 2. The van der Waals surface area contributed by atoms with Gasteiger partial charge in [0.1, 0.15) is 0 Å². The molecule has 0 N–H and O–H groups in total. The van der Waals surface area contributed by atoms with E-state index in [1.165, 1.54) is 25.3 Å². The standard InChI is InChI=1S/C18H23F3O5/c1-13(9-10-15(22)24-2)11-12-26-16(23)17(25-3,18(19,20)21)14-7-5-4-6-8-14/h4-8,13H,9-12H2,1-3H3/t13-,17-/m1/s1. The molecule has 1 aromatic carbocycles. The van der Waals surface area contributed by atoms with Crippen LogP contribution in [0.3, 0.4) is 0 Å². The highest BCUT2D eigenvalue weighted by atomic mass is 19.4. The minimum atomic E-state index is -4.99. The molecule has 0 heterocycles. The molecular formula is C18H23F3O5. The Hall–Kier alpha value is -2.09. The van der Waals surface area contributed by atoms with Crippen LogP contribution in [0.1, 0.15) is 31.7 Å². The summed E-state index contributed by atoms with van der Waals surface area (Å²) in [6.45, 7) is 1.59. The van der Waals surface area contributed by atoms with Crippen molar-refractivity contribution in [3.63, 3.8) is 0 Å². The molecule has 0 bridgehead atoms. The van der Waals surface area contributed by atoms with E-state index < -0.39 is 17.7 Å². The van der Waals surface area contributed by atoms with E-state index in [1.807, 2.05) is 0 Å². The molecular weight excluding hydrogens is 353 g/mol. The minimum absolute atomic E-state index is 0.0264. The molecule has 0 aliphatic heterocycles. The van der Waals surface area contributed by atoms with Crippen LogP contribution in [0.25, 0.3) is 0 Å². The molecule has 8 heteroatoms. The summed E-state index contributed by atoms with van der Waals surface area (Å²) in [4.78, 5) is 23.4. The van der Waals surface area contributed by atoms with E-state index in [0.717, 1.165) is 19.2 Å². The number of ether oxygens (including phenoxy) is 3. The maximum atomic E-state index is 13.7. The van der Waals surface area contributed by atoms with Gasteiger partial charge in [-0.2, -0.15) is 13.2 Å². The third-order valence-electron chi connectivity index (χ3n) is 4.09. The van der Waals surface area contributed by atoms with Crippen LogP contribution in [0.2, 0.25) is 0 Å². The normalized spacial score (nSPS) is 15.0. The number of hydrogen-bond acceptors (Lipinski definition) is 5. The lowest BCUT2D eigenvalue weighted by Gasteiger charge is -2.32. The Balaban J connectivity index is 2.78. The summed E-state index contributed by atoms with van der Waals surface area (Å²) in [6.07, 6.45) is -4.00. The lowest BCUT2D eigenvalue weighted by atomic mass is 9.92. The number of benzene rings is 1. The molecule has 0 amide bonds. The van der Waals surface area contributed by atoms with Crippen molar-refractivity contribution in [1.29, 1.82) is 0 Å². The Morgan fingerprint density at radius 3 is 2.19 bits per heavy atom. The molecule has 0 saturated carbocycles. The number of carbonyl (C=O) groups is 2. The SMILES string of the molecule is COC(=O)CC[C@@H](C)CCOC(=O)[C@](OC)(c1ccccc1)C(F)(F)F. The number of carbonyl (C=O) groups excluding carboxylic acids is 2. The summed E-state index contributed by atoms with van der Waals surface area (Å²) in [6, 6.07) is 6.64. The van der Waals surface area contributed by atoms with Crippen LogP contribution < -0.4 is 0 Å². The van der Waals surface area contributed by atoms with Gasteiger partial charge in [0.15, 0.2) is 0 Å². The summed E-state index contributed by atoms with van der Waals surface area (Å²) >= 11 is 0. The van der Waals surface area contributed by atoms with Gasteiger partial charge in [-0.1, -0.05) is 37.3 Å². The number of halogens is 3. The molecule has 146 valence electrons. The van der Waals surface area contributed by atoms with Crippen LogP contribution in [-0.2, 0) is 29.4 Å². The van der Waals surface area contributed by atoms with Crippen LogP contribution in [0.4, 0.5) is 13.2 Å². The third kappa shape index (κ3) is 5.20. The monoisotopic (exact) mass is 376 g/mol. The summed E-state index contributed by atoms with van der Waals surface area (Å²) < 4.78 is 55.1. The highest BCUT2D eigenvalue weighted by Crippen LogP contribution is 2.43. The molecule has 2 atom stereocenters. The zero-order valence-electron chi connectivity index (χ0n) is 15.0. The van der Waals surface area contributed by atoms with Crippen LogP contribution >= 0.6 is 0 Å². The topological polar surface area (TPSA) is 61.8 Å². The van der Waals surface area contributed by atoms with E-state index in [4.69, 9.17) is 4.74 Å². The molecule has 1 rings (SSSR count). The maximum Gasteiger partial charge on any atom is 0.432 e. The van der Waals surface area contributed by atoms with Crippen molar-refractivity contribution in [2.24, 2.45) is 5.92 Å². The highest BCUT2D eigenvalue weighted by molar-refractivity contribution is 5.82. The molecule has 0 aliphatic rings. The number of hydrogen-bond donors (Lipinski definition) is 0. The zero-order chi connectivity index (χ0) is 19.8. The van der Waals surface area contributed by atoms with Crippen molar-refractivity contribution in [3.05, 3.63) is 35.9 Å². The molecule has 0 aliphatic carbocycles. The van der Waals surface area contributed by atoms with Gasteiger partial charge in [0.2, 0.25) is 0 Å². The quantitative estimate of drug-likeness (QED) is 0.616. The highest BCUT2D eigenvalue weighted by Gasteiger charge is 2.64. The second-order valence-corrected chi connectivity index (χ2v) is 5.89. The van der Waals surface area contributed by atoms with Crippen molar-refractivity contribution in [1.82, 2.24) is 0 Å². The average Bonchev–Trinajstić information content (AvgIpc) is 2.60. The first-order valence-electron chi connectivity index (χ1n) is 8.10. The van der Waals surface area contributed by atoms with E-state index in [-0.39, 0.29) is 30.5 Å². The fourth-order valence-corrected chi connectivity index (χ4v) is 2.45. The molecule has 1 aromatic rings. The molecule has 0 radical (unpaired) electrons.